The maximum Gasteiger partial charge on any atom is 0.129 e. The Bertz CT molecular complexity index is 522. The van der Waals surface area contributed by atoms with Gasteiger partial charge in [0.15, 0.2) is 0 Å². The molecule has 2 N–H and O–H groups in total. The summed E-state index contributed by atoms with van der Waals surface area (Å²) in [6, 6.07) is 11.7. The van der Waals surface area contributed by atoms with Crippen LogP contribution in [0.1, 0.15) is 30.0 Å². The molecule has 1 aromatic heterocycles. The first-order valence-corrected chi connectivity index (χ1v) is 6.29. The van der Waals surface area contributed by atoms with Crippen LogP contribution in [0.2, 0.25) is 0 Å². The van der Waals surface area contributed by atoms with E-state index in [9.17, 15) is 0 Å². The molecule has 1 heterocycles. The van der Waals surface area contributed by atoms with Crippen LogP contribution in [0.25, 0.3) is 0 Å². The zero-order valence-corrected chi connectivity index (χ0v) is 11.2. The number of methoxy groups -OCH3 is 1. The lowest BCUT2D eigenvalue weighted by Crippen LogP contribution is -2.18. The average Bonchev–Trinajstić information content (AvgIpc) is 2.92. The van der Waals surface area contributed by atoms with Crippen LogP contribution in [0.4, 0.5) is 0 Å². The van der Waals surface area contributed by atoms with E-state index in [4.69, 9.17) is 14.3 Å². The predicted molar refractivity (Wildman–Crippen MR) is 72.9 cm³/mol. The number of para-hydroxylation sites is 1. The van der Waals surface area contributed by atoms with E-state index >= 15 is 0 Å². The van der Waals surface area contributed by atoms with Crippen molar-refractivity contribution in [1.82, 2.24) is 5.32 Å². The van der Waals surface area contributed by atoms with E-state index in [0.717, 1.165) is 17.1 Å². The summed E-state index contributed by atoms with van der Waals surface area (Å²) in [7, 11) is 1.67. The van der Waals surface area contributed by atoms with Crippen molar-refractivity contribution in [1.29, 1.82) is 0 Å². The number of hydrogen-bond donors (Lipinski definition) is 2. The van der Waals surface area contributed by atoms with Crippen LogP contribution in [-0.4, -0.2) is 12.2 Å². The minimum Gasteiger partial charge on any atom is -0.496 e. The van der Waals surface area contributed by atoms with Gasteiger partial charge in [0, 0.05) is 11.6 Å². The van der Waals surface area contributed by atoms with Crippen LogP contribution in [0.3, 0.4) is 0 Å². The molecule has 0 unspecified atom stereocenters. The third-order valence-corrected chi connectivity index (χ3v) is 3.06. The number of rotatable bonds is 6. The Morgan fingerprint density at radius 3 is 2.63 bits per heavy atom. The Morgan fingerprint density at radius 2 is 1.95 bits per heavy atom. The highest BCUT2D eigenvalue weighted by Crippen LogP contribution is 2.24. The van der Waals surface area contributed by atoms with Gasteiger partial charge in [0.05, 0.1) is 13.7 Å². The van der Waals surface area contributed by atoms with Gasteiger partial charge >= 0.3 is 0 Å². The van der Waals surface area contributed by atoms with Gasteiger partial charge in [-0.3, -0.25) is 0 Å². The molecule has 0 radical (unpaired) electrons. The molecular weight excluding hydrogens is 242 g/mol. The second-order valence-electron chi connectivity index (χ2n) is 4.37. The van der Waals surface area contributed by atoms with Crippen molar-refractivity contribution in [3.8, 4) is 5.75 Å². The number of aliphatic hydroxyl groups excluding tert-OH is 1. The van der Waals surface area contributed by atoms with E-state index in [1.807, 2.05) is 30.3 Å². The van der Waals surface area contributed by atoms with E-state index in [1.165, 1.54) is 0 Å². The highest BCUT2D eigenvalue weighted by atomic mass is 16.5. The molecule has 0 aliphatic carbocycles. The van der Waals surface area contributed by atoms with Gasteiger partial charge in [0.25, 0.3) is 0 Å². The van der Waals surface area contributed by atoms with Crippen molar-refractivity contribution in [2.45, 2.75) is 26.1 Å². The average molecular weight is 261 g/mol. The summed E-state index contributed by atoms with van der Waals surface area (Å²) in [5, 5.41) is 12.3. The zero-order valence-electron chi connectivity index (χ0n) is 11.2. The summed E-state index contributed by atoms with van der Waals surface area (Å²) >= 11 is 0. The number of hydrogen-bond acceptors (Lipinski definition) is 4. The van der Waals surface area contributed by atoms with Crippen LogP contribution in [0.5, 0.6) is 5.75 Å². The van der Waals surface area contributed by atoms with E-state index < -0.39 is 0 Å². The molecule has 1 aromatic carbocycles. The van der Waals surface area contributed by atoms with Gasteiger partial charge in [-0.25, -0.2) is 0 Å². The molecule has 0 aliphatic rings. The highest BCUT2D eigenvalue weighted by molar-refractivity contribution is 5.35. The Morgan fingerprint density at radius 1 is 1.21 bits per heavy atom. The monoisotopic (exact) mass is 261 g/mol. The summed E-state index contributed by atoms with van der Waals surface area (Å²) in [6.45, 7) is 2.62. The number of nitrogens with one attached hydrogen (secondary N) is 1. The van der Waals surface area contributed by atoms with Crippen LogP contribution >= 0.6 is 0 Å². The Balaban J connectivity index is 1.98. The van der Waals surface area contributed by atoms with Crippen LogP contribution < -0.4 is 10.1 Å². The largest absolute Gasteiger partial charge is 0.496 e. The Kier molecular flexibility index (Phi) is 4.60. The van der Waals surface area contributed by atoms with Crippen molar-refractivity contribution in [3.63, 3.8) is 0 Å². The van der Waals surface area contributed by atoms with Crippen LogP contribution in [0.15, 0.2) is 40.8 Å². The molecule has 2 rings (SSSR count). The fraction of sp³-hybridized carbons (Fsp3) is 0.333. The number of ether oxygens (including phenoxy) is 1. The van der Waals surface area contributed by atoms with Crippen LogP contribution in [0, 0.1) is 0 Å². The smallest absolute Gasteiger partial charge is 0.129 e. The van der Waals surface area contributed by atoms with Gasteiger partial charge in [-0.15, -0.1) is 0 Å². The lowest BCUT2D eigenvalue weighted by atomic mass is 10.1. The number of aliphatic hydroxyl groups is 1. The number of benzene rings is 1. The lowest BCUT2D eigenvalue weighted by Gasteiger charge is -2.16. The molecule has 4 nitrogen and oxygen atoms in total. The fourth-order valence-electron chi connectivity index (χ4n) is 1.99. The van der Waals surface area contributed by atoms with Crippen molar-refractivity contribution in [2.75, 3.05) is 7.11 Å². The third-order valence-electron chi connectivity index (χ3n) is 3.06. The Labute approximate surface area is 113 Å². The van der Waals surface area contributed by atoms with Gasteiger partial charge < -0.3 is 19.6 Å². The van der Waals surface area contributed by atoms with Crippen molar-refractivity contribution in [3.05, 3.63) is 53.5 Å². The molecule has 0 amide bonds. The van der Waals surface area contributed by atoms with Gasteiger partial charge in [0.1, 0.15) is 23.9 Å². The van der Waals surface area contributed by atoms with Crippen LogP contribution in [-0.2, 0) is 13.2 Å². The minimum atomic E-state index is -0.0674. The molecular formula is C15H19NO3. The second-order valence-corrected chi connectivity index (χ2v) is 4.37. The standard InChI is InChI=1S/C15H19NO3/c1-11(14-5-3-4-6-15(14)18-2)16-9-12-7-8-13(10-17)19-12/h3-8,11,16-17H,9-10H2,1-2H3/t11-/m1/s1. The molecule has 0 saturated heterocycles. The van der Waals surface area contributed by atoms with E-state index in [1.54, 1.807) is 13.2 Å². The van der Waals surface area contributed by atoms with Crippen molar-refractivity contribution < 1.29 is 14.3 Å². The molecule has 0 saturated carbocycles. The molecule has 0 spiro atoms. The van der Waals surface area contributed by atoms with Crippen molar-refractivity contribution in [2.24, 2.45) is 0 Å². The third kappa shape index (κ3) is 3.36. The van der Waals surface area contributed by atoms with E-state index in [2.05, 4.69) is 12.2 Å². The van der Waals surface area contributed by atoms with Gasteiger partial charge in [-0.2, -0.15) is 0 Å². The Hall–Kier alpha value is -1.78. The molecule has 19 heavy (non-hydrogen) atoms. The summed E-state index contributed by atoms with van der Waals surface area (Å²) in [5.74, 6) is 2.27. The maximum absolute atomic E-state index is 8.94. The fourth-order valence-corrected chi connectivity index (χ4v) is 1.99. The van der Waals surface area contributed by atoms with E-state index in [0.29, 0.717) is 12.3 Å². The lowest BCUT2D eigenvalue weighted by molar-refractivity contribution is 0.242. The molecule has 2 aromatic rings. The molecule has 0 bridgehead atoms. The topological polar surface area (TPSA) is 54.6 Å². The summed E-state index contributed by atoms with van der Waals surface area (Å²) in [4.78, 5) is 0. The highest BCUT2D eigenvalue weighted by Gasteiger charge is 2.11. The maximum atomic E-state index is 8.94. The molecule has 4 heteroatoms. The second kappa shape index (κ2) is 6.41. The minimum absolute atomic E-state index is 0.0674. The molecule has 0 fully saturated rings. The summed E-state index contributed by atoms with van der Waals surface area (Å²) in [5.41, 5.74) is 1.11. The predicted octanol–water partition coefficient (Wildman–Crippen LogP) is 2.63. The summed E-state index contributed by atoms with van der Waals surface area (Å²) in [6.07, 6.45) is 0. The number of furan rings is 1. The zero-order chi connectivity index (χ0) is 13.7. The quantitative estimate of drug-likeness (QED) is 0.839. The first kappa shape index (κ1) is 13.6. The molecule has 102 valence electrons. The first-order valence-electron chi connectivity index (χ1n) is 6.29. The van der Waals surface area contributed by atoms with Gasteiger partial charge in [0.2, 0.25) is 0 Å². The van der Waals surface area contributed by atoms with Gasteiger partial charge in [-0.1, -0.05) is 18.2 Å². The van der Waals surface area contributed by atoms with Gasteiger partial charge in [-0.05, 0) is 25.1 Å². The first-order chi connectivity index (χ1) is 9.24. The molecule has 1 atom stereocenters. The summed E-state index contributed by atoms with van der Waals surface area (Å²) < 4.78 is 10.8. The van der Waals surface area contributed by atoms with Crippen molar-refractivity contribution >= 4 is 0 Å². The molecule has 0 aliphatic heterocycles. The van der Waals surface area contributed by atoms with E-state index in [-0.39, 0.29) is 12.6 Å². The SMILES string of the molecule is COc1ccccc1[C@@H](C)NCc1ccc(CO)o1. The normalized spacial score (nSPS) is 12.4.